The van der Waals surface area contributed by atoms with Crippen LogP contribution in [0.25, 0.3) is 0 Å². The summed E-state index contributed by atoms with van der Waals surface area (Å²) in [6, 6.07) is 1.19. The van der Waals surface area contributed by atoms with Gasteiger partial charge < -0.3 is 4.90 Å². The van der Waals surface area contributed by atoms with Gasteiger partial charge in [-0.1, -0.05) is 0 Å². The highest BCUT2D eigenvalue weighted by Crippen LogP contribution is 2.38. The number of hydrogen-bond acceptors (Lipinski definition) is 3. The molecule has 5 heteroatoms. The number of halogens is 1. The molecular weight excluding hydrogens is 222 g/mol. The minimum Gasteiger partial charge on any atom is -0.300 e. The fourth-order valence-electron chi connectivity index (χ4n) is 2.94. The normalized spacial score (nSPS) is 38.9. The SMILES string of the molecule is CN1C2CCC1CC(CS(=O)(=O)Cl)C2. The smallest absolute Gasteiger partial charge is 0.232 e. The van der Waals surface area contributed by atoms with E-state index in [0.717, 1.165) is 12.8 Å². The van der Waals surface area contributed by atoms with Crippen molar-refractivity contribution in [3.05, 3.63) is 0 Å². The Labute approximate surface area is 89.8 Å². The van der Waals surface area contributed by atoms with Crippen LogP contribution in [-0.4, -0.2) is 38.2 Å². The van der Waals surface area contributed by atoms with E-state index >= 15 is 0 Å². The van der Waals surface area contributed by atoms with E-state index in [1.807, 2.05) is 0 Å². The van der Waals surface area contributed by atoms with Crippen LogP contribution in [0.4, 0.5) is 0 Å². The fraction of sp³-hybridized carbons (Fsp3) is 1.00. The molecule has 3 nitrogen and oxygen atoms in total. The van der Waals surface area contributed by atoms with Crippen LogP contribution in [0.15, 0.2) is 0 Å². The summed E-state index contributed by atoms with van der Waals surface area (Å²) < 4.78 is 21.9. The van der Waals surface area contributed by atoms with Gasteiger partial charge in [0.1, 0.15) is 0 Å². The molecule has 0 N–H and O–H groups in total. The third kappa shape index (κ3) is 2.23. The van der Waals surface area contributed by atoms with Crippen LogP contribution in [0.2, 0.25) is 0 Å². The van der Waals surface area contributed by atoms with Gasteiger partial charge in [0.15, 0.2) is 0 Å². The van der Waals surface area contributed by atoms with E-state index in [2.05, 4.69) is 11.9 Å². The van der Waals surface area contributed by atoms with E-state index < -0.39 is 9.05 Å². The van der Waals surface area contributed by atoms with Crippen molar-refractivity contribution in [1.29, 1.82) is 0 Å². The molecule has 0 aliphatic carbocycles. The minimum atomic E-state index is -3.31. The summed E-state index contributed by atoms with van der Waals surface area (Å²) >= 11 is 0. The molecule has 2 aliphatic rings. The van der Waals surface area contributed by atoms with Gasteiger partial charge in [-0.2, -0.15) is 0 Å². The second-order valence-electron chi connectivity index (χ2n) is 4.59. The standard InChI is InChI=1S/C9H16ClNO2S/c1-11-8-2-3-9(11)5-7(4-8)6-14(10,12)13/h7-9H,2-6H2,1H3. The first-order valence-electron chi connectivity index (χ1n) is 5.10. The lowest BCUT2D eigenvalue weighted by Crippen LogP contribution is -2.41. The minimum absolute atomic E-state index is 0.162. The summed E-state index contributed by atoms with van der Waals surface area (Å²) in [5.74, 6) is 0.446. The first-order chi connectivity index (χ1) is 6.46. The second kappa shape index (κ2) is 3.65. The Morgan fingerprint density at radius 2 is 1.79 bits per heavy atom. The van der Waals surface area contributed by atoms with Crippen molar-refractivity contribution in [2.24, 2.45) is 5.92 Å². The average Bonchev–Trinajstić information content (AvgIpc) is 2.32. The van der Waals surface area contributed by atoms with Gasteiger partial charge in [-0.15, -0.1) is 0 Å². The maximum atomic E-state index is 11.0. The van der Waals surface area contributed by atoms with Crippen LogP contribution in [-0.2, 0) is 9.05 Å². The van der Waals surface area contributed by atoms with E-state index in [-0.39, 0.29) is 11.7 Å². The summed E-state index contributed by atoms with van der Waals surface area (Å²) in [4.78, 5) is 2.40. The average molecular weight is 238 g/mol. The molecular formula is C9H16ClNO2S. The summed E-state index contributed by atoms with van der Waals surface area (Å²) in [5, 5.41) is 0. The first kappa shape index (κ1) is 10.7. The zero-order valence-corrected chi connectivity index (χ0v) is 9.89. The lowest BCUT2D eigenvalue weighted by Gasteiger charge is -2.35. The van der Waals surface area contributed by atoms with Crippen LogP contribution < -0.4 is 0 Å². The molecule has 2 atom stereocenters. The topological polar surface area (TPSA) is 37.4 Å². The predicted molar refractivity (Wildman–Crippen MR) is 56.9 cm³/mol. The molecule has 0 radical (unpaired) electrons. The highest BCUT2D eigenvalue weighted by molar-refractivity contribution is 8.13. The van der Waals surface area contributed by atoms with Crippen molar-refractivity contribution in [2.75, 3.05) is 12.8 Å². The Morgan fingerprint density at radius 3 is 2.21 bits per heavy atom. The third-order valence-electron chi connectivity index (χ3n) is 3.63. The van der Waals surface area contributed by atoms with Gasteiger partial charge in [0.05, 0.1) is 5.75 Å². The van der Waals surface area contributed by atoms with E-state index in [1.54, 1.807) is 0 Å². The molecule has 82 valence electrons. The Hall–Kier alpha value is 0.200. The number of rotatable bonds is 2. The van der Waals surface area contributed by atoms with Gasteiger partial charge >= 0.3 is 0 Å². The molecule has 2 rings (SSSR count). The molecule has 14 heavy (non-hydrogen) atoms. The van der Waals surface area contributed by atoms with Gasteiger partial charge in [0.25, 0.3) is 0 Å². The molecule has 0 aromatic heterocycles. The van der Waals surface area contributed by atoms with Gasteiger partial charge in [-0.25, -0.2) is 8.42 Å². The van der Waals surface area contributed by atoms with Gasteiger partial charge in [-0.3, -0.25) is 0 Å². The molecule has 2 fully saturated rings. The molecule has 0 aromatic rings. The quantitative estimate of drug-likeness (QED) is 0.682. The molecule has 0 aromatic carbocycles. The summed E-state index contributed by atoms with van der Waals surface area (Å²) in [6.45, 7) is 0. The van der Waals surface area contributed by atoms with Crippen LogP contribution in [0.3, 0.4) is 0 Å². The first-order valence-corrected chi connectivity index (χ1v) is 7.58. The highest BCUT2D eigenvalue weighted by Gasteiger charge is 2.39. The van der Waals surface area contributed by atoms with Crippen molar-refractivity contribution >= 4 is 19.7 Å². The number of nitrogens with zero attached hydrogens (tertiary/aromatic N) is 1. The molecule has 0 saturated carbocycles. The van der Waals surface area contributed by atoms with Gasteiger partial charge in [0, 0.05) is 22.8 Å². The molecule has 2 aliphatic heterocycles. The summed E-state index contributed by atoms with van der Waals surface area (Å²) in [5.41, 5.74) is 0. The zero-order chi connectivity index (χ0) is 10.3. The molecule has 2 saturated heterocycles. The van der Waals surface area contributed by atoms with Crippen LogP contribution in [0.1, 0.15) is 25.7 Å². The molecule has 2 heterocycles. The molecule has 0 spiro atoms. The van der Waals surface area contributed by atoms with Crippen molar-refractivity contribution in [3.63, 3.8) is 0 Å². The highest BCUT2D eigenvalue weighted by atomic mass is 35.7. The van der Waals surface area contributed by atoms with E-state index in [0.29, 0.717) is 12.1 Å². The molecule has 2 bridgehead atoms. The van der Waals surface area contributed by atoms with Crippen molar-refractivity contribution in [3.8, 4) is 0 Å². The Bertz CT molecular complexity index is 303. The molecule has 2 unspecified atom stereocenters. The Morgan fingerprint density at radius 1 is 1.29 bits per heavy atom. The zero-order valence-electron chi connectivity index (χ0n) is 8.32. The fourth-order valence-corrected chi connectivity index (χ4v) is 4.31. The number of fused-ring (bicyclic) bond motifs is 2. The predicted octanol–water partition coefficient (Wildman–Crippen LogP) is 1.43. The van der Waals surface area contributed by atoms with Crippen molar-refractivity contribution in [1.82, 2.24) is 4.90 Å². The van der Waals surface area contributed by atoms with Crippen LogP contribution >= 0.6 is 10.7 Å². The largest absolute Gasteiger partial charge is 0.300 e. The summed E-state index contributed by atoms with van der Waals surface area (Å²) in [6.07, 6.45) is 4.44. The van der Waals surface area contributed by atoms with Gasteiger partial charge in [-0.05, 0) is 38.6 Å². The van der Waals surface area contributed by atoms with Crippen LogP contribution in [0, 0.1) is 5.92 Å². The van der Waals surface area contributed by atoms with E-state index in [4.69, 9.17) is 10.7 Å². The Balaban J connectivity index is 2.00. The van der Waals surface area contributed by atoms with Gasteiger partial charge in [0.2, 0.25) is 9.05 Å². The maximum absolute atomic E-state index is 11.0. The maximum Gasteiger partial charge on any atom is 0.232 e. The second-order valence-corrected chi connectivity index (χ2v) is 7.42. The Kier molecular flexibility index (Phi) is 2.79. The summed E-state index contributed by atoms with van der Waals surface area (Å²) in [7, 11) is 4.12. The monoisotopic (exact) mass is 237 g/mol. The number of piperidine rings is 1. The van der Waals surface area contributed by atoms with Crippen molar-refractivity contribution < 1.29 is 8.42 Å². The molecule has 0 amide bonds. The van der Waals surface area contributed by atoms with Crippen molar-refractivity contribution in [2.45, 2.75) is 37.8 Å². The third-order valence-corrected chi connectivity index (χ3v) is 4.88. The van der Waals surface area contributed by atoms with E-state index in [9.17, 15) is 8.42 Å². The lowest BCUT2D eigenvalue weighted by molar-refractivity contribution is 0.143. The van der Waals surface area contributed by atoms with Crippen LogP contribution in [0.5, 0.6) is 0 Å². The van der Waals surface area contributed by atoms with E-state index in [1.165, 1.54) is 12.8 Å². The lowest BCUT2D eigenvalue weighted by atomic mass is 9.93. The number of hydrogen-bond donors (Lipinski definition) is 0.